The molecule has 0 saturated heterocycles. The van der Waals surface area contributed by atoms with Crippen LogP contribution in [-0.4, -0.2) is 41.4 Å². The van der Waals surface area contributed by atoms with Crippen LogP contribution in [0.15, 0.2) is 52.9 Å². The molecule has 0 aliphatic heterocycles. The largest absolute Gasteiger partial charge is 0.356 e. The number of hydrogen-bond acceptors (Lipinski definition) is 3. The number of halogens is 1. The molecule has 0 aliphatic rings. The molecule has 130 valence electrons. The summed E-state index contributed by atoms with van der Waals surface area (Å²) in [4.78, 5) is 9.33. The number of aryl methyl sites for hydroxylation is 1. The summed E-state index contributed by atoms with van der Waals surface area (Å²) >= 11 is 1.73. The van der Waals surface area contributed by atoms with Crippen LogP contribution in [0.5, 0.6) is 0 Å². The molecule has 2 rings (SSSR count). The molecule has 0 bridgehead atoms. The lowest BCUT2D eigenvalue weighted by Crippen LogP contribution is -2.38. The third-order valence-electron chi connectivity index (χ3n) is 3.36. The van der Waals surface area contributed by atoms with Crippen molar-refractivity contribution in [1.82, 2.24) is 20.2 Å². The second-order valence-corrected chi connectivity index (χ2v) is 6.40. The molecule has 24 heavy (non-hydrogen) atoms. The van der Waals surface area contributed by atoms with Crippen molar-refractivity contribution in [2.24, 2.45) is 4.99 Å². The highest BCUT2D eigenvalue weighted by Gasteiger charge is 1.98. The average Bonchev–Trinajstić information content (AvgIpc) is 3.11. The Morgan fingerprint density at radius 2 is 1.96 bits per heavy atom. The highest BCUT2D eigenvalue weighted by Crippen LogP contribution is 2.18. The minimum Gasteiger partial charge on any atom is -0.356 e. The van der Waals surface area contributed by atoms with Crippen LogP contribution in [0.4, 0.5) is 4.39 Å². The van der Waals surface area contributed by atoms with Gasteiger partial charge in [-0.25, -0.2) is 9.37 Å². The van der Waals surface area contributed by atoms with Gasteiger partial charge >= 0.3 is 0 Å². The molecule has 2 N–H and O–H groups in total. The molecule has 0 radical (unpaired) electrons. The van der Waals surface area contributed by atoms with E-state index in [4.69, 9.17) is 0 Å². The average molecular weight is 349 g/mol. The molecule has 0 atom stereocenters. The highest BCUT2D eigenvalue weighted by atomic mass is 32.2. The molecule has 5 nitrogen and oxygen atoms in total. The van der Waals surface area contributed by atoms with E-state index in [0.717, 1.165) is 49.1 Å². The number of aliphatic imine (C=N–C) groups is 1. The lowest BCUT2D eigenvalue weighted by molar-refractivity contribution is 0.624. The Morgan fingerprint density at radius 1 is 1.21 bits per heavy atom. The van der Waals surface area contributed by atoms with Gasteiger partial charge in [0.15, 0.2) is 5.96 Å². The quantitative estimate of drug-likeness (QED) is 0.316. The maximum Gasteiger partial charge on any atom is 0.190 e. The first-order chi connectivity index (χ1) is 11.8. The van der Waals surface area contributed by atoms with Gasteiger partial charge in [0.1, 0.15) is 5.82 Å². The molecule has 0 saturated carbocycles. The van der Waals surface area contributed by atoms with E-state index in [0.29, 0.717) is 0 Å². The number of thioether (sulfide) groups is 1. The summed E-state index contributed by atoms with van der Waals surface area (Å²) in [5.41, 5.74) is 0. The first-order valence-electron chi connectivity index (χ1n) is 8.06. The maximum atomic E-state index is 12.8. The predicted octanol–water partition coefficient (Wildman–Crippen LogP) is 2.76. The second-order valence-electron chi connectivity index (χ2n) is 5.24. The fourth-order valence-electron chi connectivity index (χ4n) is 2.11. The first kappa shape index (κ1) is 18.3. The second kappa shape index (κ2) is 10.7. The van der Waals surface area contributed by atoms with Crippen molar-refractivity contribution in [3.05, 3.63) is 48.8 Å². The molecule has 0 amide bonds. The topological polar surface area (TPSA) is 54.2 Å². The monoisotopic (exact) mass is 349 g/mol. The summed E-state index contributed by atoms with van der Waals surface area (Å²) in [6.45, 7) is 2.66. The summed E-state index contributed by atoms with van der Waals surface area (Å²) in [5, 5.41) is 6.61. The molecular weight excluding hydrogens is 325 g/mol. The molecular formula is C17H24FN5S. The minimum atomic E-state index is -0.191. The summed E-state index contributed by atoms with van der Waals surface area (Å²) in [5.74, 6) is 1.62. The summed E-state index contributed by atoms with van der Waals surface area (Å²) in [7, 11) is 1.78. The van der Waals surface area contributed by atoms with Gasteiger partial charge in [0.2, 0.25) is 0 Å². The number of guanidine groups is 1. The lowest BCUT2D eigenvalue weighted by atomic mass is 10.4. The van der Waals surface area contributed by atoms with Gasteiger partial charge in [-0.2, -0.15) is 0 Å². The first-order valence-corrected chi connectivity index (χ1v) is 9.05. The van der Waals surface area contributed by atoms with Gasteiger partial charge < -0.3 is 15.2 Å². The Bertz CT molecular complexity index is 598. The summed E-state index contributed by atoms with van der Waals surface area (Å²) < 4.78 is 14.9. The van der Waals surface area contributed by atoms with Crippen molar-refractivity contribution in [2.45, 2.75) is 24.3 Å². The van der Waals surface area contributed by atoms with Crippen LogP contribution < -0.4 is 10.6 Å². The fourth-order valence-corrected chi connectivity index (χ4v) is 2.96. The van der Waals surface area contributed by atoms with Crippen molar-refractivity contribution in [2.75, 3.05) is 25.9 Å². The number of rotatable bonds is 9. The third kappa shape index (κ3) is 7.04. The van der Waals surface area contributed by atoms with E-state index in [9.17, 15) is 4.39 Å². The molecule has 0 unspecified atom stereocenters. The molecule has 0 aliphatic carbocycles. The number of nitrogens with zero attached hydrogens (tertiary/aromatic N) is 3. The maximum absolute atomic E-state index is 12.8. The zero-order chi connectivity index (χ0) is 17.0. The van der Waals surface area contributed by atoms with Crippen molar-refractivity contribution in [1.29, 1.82) is 0 Å². The molecule has 7 heteroatoms. The fraction of sp³-hybridized carbons (Fsp3) is 0.412. The van der Waals surface area contributed by atoms with Crippen LogP contribution in [0.2, 0.25) is 0 Å². The normalized spacial score (nSPS) is 11.5. The summed E-state index contributed by atoms with van der Waals surface area (Å²) in [6, 6.07) is 6.62. The standard InChI is InChI=1S/C17H24FN5S/c1-19-17(21-8-2-11-23-12-10-20-14-23)22-9-3-13-24-16-6-4-15(18)5-7-16/h4-7,10,12,14H,2-3,8-9,11,13H2,1H3,(H2,19,21,22). The number of nitrogens with one attached hydrogen (secondary N) is 2. The van der Waals surface area contributed by atoms with E-state index in [-0.39, 0.29) is 5.82 Å². The van der Waals surface area contributed by atoms with Gasteiger partial charge in [0.25, 0.3) is 0 Å². The smallest absolute Gasteiger partial charge is 0.190 e. The van der Waals surface area contributed by atoms with Crippen molar-refractivity contribution < 1.29 is 4.39 Å². The van der Waals surface area contributed by atoms with E-state index in [1.54, 1.807) is 25.0 Å². The molecule has 0 fully saturated rings. The van der Waals surface area contributed by atoms with Gasteiger partial charge in [-0.15, -0.1) is 11.8 Å². The van der Waals surface area contributed by atoms with Crippen LogP contribution in [0.3, 0.4) is 0 Å². The van der Waals surface area contributed by atoms with E-state index < -0.39 is 0 Å². The third-order valence-corrected chi connectivity index (χ3v) is 4.46. The van der Waals surface area contributed by atoms with E-state index in [2.05, 4.69) is 25.2 Å². The molecule has 1 aromatic heterocycles. The molecule has 2 aromatic rings. The Balaban J connectivity index is 1.52. The number of imidazole rings is 1. The number of benzene rings is 1. The Morgan fingerprint density at radius 3 is 2.62 bits per heavy atom. The van der Waals surface area contributed by atoms with Crippen LogP contribution >= 0.6 is 11.8 Å². The van der Waals surface area contributed by atoms with Gasteiger partial charge in [0.05, 0.1) is 6.33 Å². The van der Waals surface area contributed by atoms with Crippen LogP contribution in [0, 0.1) is 5.82 Å². The highest BCUT2D eigenvalue weighted by molar-refractivity contribution is 7.99. The minimum absolute atomic E-state index is 0.191. The molecule has 1 heterocycles. The number of aromatic nitrogens is 2. The van der Waals surface area contributed by atoms with Gasteiger partial charge in [-0.3, -0.25) is 4.99 Å². The lowest BCUT2D eigenvalue weighted by Gasteiger charge is -2.12. The Hall–Kier alpha value is -2.02. The van der Waals surface area contributed by atoms with Crippen molar-refractivity contribution in [3.8, 4) is 0 Å². The van der Waals surface area contributed by atoms with E-state index in [1.165, 1.54) is 12.1 Å². The Labute approximate surface area is 146 Å². The molecule has 1 aromatic carbocycles. The number of hydrogen-bond donors (Lipinski definition) is 2. The predicted molar refractivity (Wildman–Crippen MR) is 97.9 cm³/mol. The van der Waals surface area contributed by atoms with E-state index >= 15 is 0 Å². The van der Waals surface area contributed by atoms with Crippen molar-refractivity contribution in [3.63, 3.8) is 0 Å². The Kier molecular flexibility index (Phi) is 8.17. The van der Waals surface area contributed by atoms with Gasteiger partial charge in [-0.1, -0.05) is 0 Å². The summed E-state index contributed by atoms with van der Waals surface area (Å²) in [6.07, 6.45) is 7.60. The van der Waals surface area contributed by atoms with Gasteiger partial charge in [0, 0.05) is 44.0 Å². The van der Waals surface area contributed by atoms with Crippen LogP contribution in [0.25, 0.3) is 0 Å². The molecule has 0 spiro atoms. The van der Waals surface area contributed by atoms with E-state index in [1.807, 2.05) is 24.7 Å². The zero-order valence-corrected chi connectivity index (χ0v) is 14.7. The van der Waals surface area contributed by atoms with Gasteiger partial charge in [-0.05, 0) is 42.9 Å². The zero-order valence-electron chi connectivity index (χ0n) is 13.9. The van der Waals surface area contributed by atoms with Crippen molar-refractivity contribution >= 4 is 17.7 Å². The van der Waals surface area contributed by atoms with Crippen LogP contribution in [0.1, 0.15) is 12.8 Å². The van der Waals surface area contributed by atoms with Crippen LogP contribution in [-0.2, 0) is 6.54 Å². The SMILES string of the molecule is CN=C(NCCCSc1ccc(F)cc1)NCCCn1ccnc1.